The molecule has 0 aromatic carbocycles. The largest absolute Gasteiger partial charge is 0.275 e. The molecule has 0 saturated carbocycles. The van der Waals surface area contributed by atoms with Crippen LogP contribution in [0.1, 0.15) is 37.2 Å². The van der Waals surface area contributed by atoms with E-state index in [-0.39, 0.29) is 0 Å². The summed E-state index contributed by atoms with van der Waals surface area (Å²) in [6.45, 7) is 6.07. The average Bonchev–Trinajstić information content (AvgIpc) is 3.04. The standard InChI is InChI=1S/C18H16N4.C2H6/c1-13-7-6-12-20-17(13)22-16-10-3-2-8-14(16)21-18(22)15-9-4-5-11-19-15;1-2/h3-7,9-12H,2,8H2,1H3;1-2H3. The molecule has 0 atom stereocenters. The quantitative estimate of drug-likeness (QED) is 0.692. The monoisotopic (exact) mass is 318 g/mol. The summed E-state index contributed by atoms with van der Waals surface area (Å²) in [7, 11) is 0. The minimum atomic E-state index is 0.860. The molecular weight excluding hydrogens is 296 g/mol. The van der Waals surface area contributed by atoms with Crippen LogP contribution in [0.15, 0.2) is 48.8 Å². The topological polar surface area (TPSA) is 43.6 Å². The lowest BCUT2D eigenvalue weighted by molar-refractivity contribution is 0.925. The average molecular weight is 318 g/mol. The maximum Gasteiger partial charge on any atom is 0.165 e. The smallest absolute Gasteiger partial charge is 0.165 e. The number of hydrogen-bond acceptors (Lipinski definition) is 3. The highest BCUT2D eigenvalue weighted by atomic mass is 15.2. The molecule has 1 aliphatic carbocycles. The number of fused-ring (bicyclic) bond motifs is 1. The lowest BCUT2D eigenvalue weighted by Crippen LogP contribution is -2.06. The van der Waals surface area contributed by atoms with E-state index in [1.54, 1.807) is 6.20 Å². The van der Waals surface area contributed by atoms with Crippen molar-refractivity contribution in [1.29, 1.82) is 0 Å². The molecular formula is C20H22N4. The van der Waals surface area contributed by atoms with Crippen LogP contribution in [0.5, 0.6) is 0 Å². The molecule has 0 radical (unpaired) electrons. The van der Waals surface area contributed by atoms with Crippen LogP contribution >= 0.6 is 0 Å². The summed E-state index contributed by atoms with van der Waals surface area (Å²) >= 11 is 0. The number of imidazole rings is 1. The Labute approximate surface area is 142 Å². The Hall–Kier alpha value is -2.75. The molecule has 4 nitrogen and oxygen atoms in total. The Morgan fingerprint density at radius 2 is 1.83 bits per heavy atom. The summed E-state index contributed by atoms with van der Waals surface area (Å²) in [5.74, 6) is 1.78. The third-order valence-electron chi connectivity index (χ3n) is 3.90. The third-order valence-corrected chi connectivity index (χ3v) is 3.90. The van der Waals surface area contributed by atoms with Crippen LogP contribution in [-0.2, 0) is 6.42 Å². The first kappa shape index (κ1) is 16.1. The normalized spacial score (nSPS) is 12.3. The molecule has 4 heteroatoms. The second-order valence-electron chi connectivity index (χ2n) is 5.40. The summed E-state index contributed by atoms with van der Waals surface area (Å²) in [6, 6.07) is 9.93. The van der Waals surface area contributed by atoms with Crippen molar-refractivity contribution in [3.05, 3.63) is 65.8 Å². The molecule has 3 aromatic heterocycles. The molecule has 0 saturated heterocycles. The number of allylic oxidation sites excluding steroid dienone is 1. The van der Waals surface area contributed by atoms with Gasteiger partial charge in [0.05, 0.1) is 11.4 Å². The van der Waals surface area contributed by atoms with E-state index in [0.717, 1.165) is 47.1 Å². The second-order valence-corrected chi connectivity index (χ2v) is 5.40. The number of nitrogens with zero attached hydrogens (tertiary/aromatic N) is 4. The lowest BCUT2D eigenvalue weighted by atomic mass is 10.1. The van der Waals surface area contributed by atoms with Gasteiger partial charge in [-0.25, -0.2) is 9.97 Å². The van der Waals surface area contributed by atoms with Gasteiger partial charge in [0.2, 0.25) is 0 Å². The second kappa shape index (κ2) is 7.21. The van der Waals surface area contributed by atoms with Gasteiger partial charge in [0.1, 0.15) is 11.5 Å². The van der Waals surface area contributed by atoms with Crippen LogP contribution in [0.25, 0.3) is 23.4 Å². The van der Waals surface area contributed by atoms with Crippen molar-refractivity contribution < 1.29 is 0 Å². The molecule has 122 valence electrons. The first-order valence-electron chi connectivity index (χ1n) is 8.46. The molecule has 3 heterocycles. The molecule has 3 aromatic rings. The maximum atomic E-state index is 4.85. The van der Waals surface area contributed by atoms with E-state index in [9.17, 15) is 0 Å². The lowest BCUT2D eigenvalue weighted by Gasteiger charge is -2.13. The molecule has 0 N–H and O–H groups in total. The summed E-state index contributed by atoms with van der Waals surface area (Å²) in [4.78, 5) is 13.9. The molecule has 0 amide bonds. The molecule has 4 rings (SSSR count). The van der Waals surface area contributed by atoms with Gasteiger partial charge in [-0.1, -0.05) is 32.1 Å². The van der Waals surface area contributed by atoms with Gasteiger partial charge < -0.3 is 0 Å². The zero-order valence-electron chi connectivity index (χ0n) is 14.4. The number of aromatic nitrogens is 4. The number of hydrogen-bond donors (Lipinski definition) is 0. The Morgan fingerprint density at radius 3 is 2.58 bits per heavy atom. The Balaban J connectivity index is 0.000000815. The molecule has 1 aliphatic rings. The first-order chi connectivity index (χ1) is 11.8. The van der Waals surface area contributed by atoms with E-state index >= 15 is 0 Å². The van der Waals surface area contributed by atoms with Gasteiger partial charge in [0.15, 0.2) is 5.82 Å². The van der Waals surface area contributed by atoms with Gasteiger partial charge >= 0.3 is 0 Å². The van der Waals surface area contributed by atoms with Crippen molar-refractivity contribution in [1.82, 2.24) is 19.5 Å². The summed E-state index contributed by atoms with van der Waals surface area (Å²) in [5, 5.41) is 0. The third kappa shape index (κ3) is 2.87. The van der Waals surface area contributed by atoms with Gasteiger partial charge in [-0.2, -0.15) is 0 Å². The minimum Gasteiger partial charge on any atom is -0.275 e. The van der Waals surface area contributed by atoms with Crippen LogP contribution in [0, 0.1) is 6.92 Å². The zero-order valence-corrected chi connectivity index (χ0v) is 14.4. The van der Waals surface area contributed by atoms with Gasteiger partial charge in [-0.15, -0.1) is 0 Å². The minimum absolute atomic E-state index is 0.860. The first-order valence-corrected chi connectivity index (χ1v) is 8.46. The molecule has 24 heavy (non-hydrogen) atoms. The van der Waals surface area contributed by atoms with Crippen molar-refractivity contribution in [2.45, 2.75) is 33.6 Å². The van der Waals surface area contributed by atoms with E-state index in [0.29, 0.717) is 0 Å². The van der Waals surface area contributed by atoms with Gasteiger partial charge in [0.25, 0.3) is 0 Å². The van der Waals surface area contributed by atoms with Gasteiger partial charge in [-0.05, 0) is 49.6 Å². The predicted molar refractivity (Wildman–Crippen MR) is 98.0 cm³/mol. The fourth-order valence-electron chi connectivity index (χ4n) is 2.84. The van der Waals surface area contributed by atoms with Crippen molar-refractivity contribution in [3.63, 3.8) is 0 Å². The van der Waals surface area contributed by atoms with Gasteiger partial charge in [-0.3, -0.25) is 9.55 Å². The van der Waals surface area contributed by atoms with E-state index in [1.807, 2.05) is 44.3 Å². The SMILES string of the molecule is CC.Cc1cccnc1-n1c(-c2ccccn2)nc2c1C=CCC2. The zero-order chi connectivity index (χ0) is 16.9. The molecule has 0 bridgehead atoms. The van der Waals surface area contributed by atoms with Crippen LogP contribution in [0.4, 0.5) is 0 Å². The molecule has 0 fully saturated rings. The van der Waals surface area contributed by atoms with E-state index in [4.69, 9.17) is 4.98 Å². The highest BCUT2D eigenvalue weighted by molar-refractivity contribution is 5.64. The Morgan fingerprint density at radius 1 is 1.00 bits per heavy atom. The van der Waals surface area contributed by atoms with E-state index in [1.165, 1.54) is 0 Å². The van der Waals surface area contributed by atoms with Crippen molar-refractivity contribution >= 4 is 6.08 Å². The summed E-state index contributed by atoms with van der Waals surface area (Å²) < 4.78 is 2.13. The van der Waals surface area contributed by atoms with Crippen molar-refractivity contribution in [3.8, 4) is 17.3 Å². The van der Waals surface area contributed by atoms with Crippen LogP contribution in [-0.4, -0.2) is 19.5 Å². The summed E-state index contributed by atoms with van der Waals surface area (Å²) in [6.07, 6.45) is 9.96. The Kier molecular flexibility index (Phi) is 4.85. The Bertz CT molecular complexity index is 847. The highest BCUT2D eigenvalue weighted by Gasteiger charge is 2.21. The number of pyridine rings is 2. The fraction of sp³-hybridized carbons (Fsp3) is 0.250. The summed E-state index contributed by atoms with van der Waals surface area (Å²) in [5.41, 5.74) is 4.23. The van der Waals surface area contributed by atoms with Crippen LogP contribution in [0.2, 0.25) is 0 Å². The highest BCUT2D eigenvalue weighted by Crippen LogP contribution is 2.29. The van der Waals surface area contributed by atoms with Crippen LogP contribution in [0.3, 0.4) is 0 Å². The van der Waals surface area contributed by atoms with Gasteiger partial charge in [0, 0.05) is 12.4 Å². The van der Waals surface area contributed by atoms with E-state index in [2.05, 4.69) is 39.7 Å². The number of aryl methyl sites for hydroxylation is 2. The maximum absolute atomic E-state index is 4.85. The fourth-order valence-corrected chi connectivity index (χ4v) is 2.84. The molecule has 0 unspecified atom stereocenters. The van der Waals surface area contributed by atoms with E-state index < -0.39 is 0 Å². The predicted octanol–water partition coefficient (Wildman–Crippen LogP) is 4.62. The van der Waals surface area contributed by atoms with Crippen molar-refractivity contribution in [2.75, 3.05) is 0 Å². The number of rotatable bonds is 2. The van der Waals surface area contributed by atoms with Crippen LogP contribution < -0.4 is 0 Å². The van der Waals surface area contributed by atoms with Crippen molar-refractivity contribution in [2.24, 2.45) is 0 Å². The molecule has 0 spiro atoms. The molecule has 0 aliphatic heterocycles.